The number of hydrogen-bond donors (Lipinski definition) is 0. The first-order valence-electron chi connectivity index (χ1n) is 7.43. The number of anilines is 1. The Balaban J connectivity index is 1.89. The molecule has 0 bridgehead atoms. The van der Waals surface area contributed by atoms with Gasteiger partial charge in [-0.3, -0.25) is 5.01 Å². The molecule has 5 heteroatoms. The molecule has 4 nitrogen and oxygen atoms in total. The summed E-state index contributed by atoms with van der Waals surface area (Å²) in [5.74, 6) is 0. The Morgan fingerprint density at radius 3 is 2.48 bits per heavy atom. The van der Waals surface area contributed by atoms with Gasteiger partial charge in [0.15, 0.2) is 0 Å². The molecule has 4 rings (SSSR count). The van der Waals surface area contributed by atoms with Crippen molar-refractivity contribution in [2.45, 2.75) is 17.9 Å². The molecule has 0 fully saturated rings. The summed E-state index contributed by atoms with van der Waals surface area (Å²) in [7, 11) is -3.67. The van der Waals surface area contributed by atoms with Gasteiger partial charge in [-0.25, -0.2) is 0 Å². The van der Waals surface area contributed by atoms with Gasteiger partial charge in [-0.2, -0.15) is 12.8 Å². The first-order valence-corrected chi connectivity index (χ1v) is 8.87. The molecule has 116 valence electrons. The highest BCUT2D eigenvalue weighted by Gasteiger charge is 2.41. The number of fused-ring (bicyclic) bond motifs is 3. The number of hydrazine groups is 1. The molecule has 0 saturated carbocycles. The van der Waals surface area contributed by atoms with Gasteiger partial charge < -0.3 is 0 Å². The lowest BCUT2D eigenvalue weighted by Crippen LogP contribution is -2.40. The molecule has 0 amide bonds. The van der Waals surface area contributed by atoms with E-state index in [9.17, 15) is 8.42 Å². The Bertz CT molecular complexity index is 914. The molecule has 0 spiro atoms. The number of benzene rings is 2. The van der Waals surface area contributed by atoms with E-state index in [-0.39, 0.29) is 6.04 Å². The lowest BCUT2D eigenvalue weighted by molar-refractivity contribution is 0.365. The minimum Gasteiger partial charge on any atom is -0.267 e. The Kier molecular flexibility index (Phi) is 3.06. The van der Waals surface area contributed by atoms with Crippen LogP contribution in [0.4, 0.5) is 5.69 Å². The van der Waals surface area contributed by atoms with Crippen LogP contribution in [0.5, 0.6) is 0 Å². The Hall–Kier alpha value is -2.53. The number of aryl methyl sites for hydroxylation is 1. The zero-order valence-corrected chi connectivity index (χ0v) is 13.4. The summed E-state index contributed by atoms with van der Waals surface area (Å²) in [5.41, 5.74) is 2.72. The van der Waals surface area contributed by atoms with Crippen LogP contribution in [0, 0.1) is 6.92 Å². The summed E-state index contributed by atoms with van der Waals surface area (Å²) >= 11 is 0. The number of nitrogens with zero attached hydrogens (tertiary/aromatic N) is 2. The fourth-order valence-electron chi connectivity index (χ4n) is 3.01. The maximum Gasteiger partial charge on any atom is 0.281 e. The first kappa shape index (κ1) is 14.1. The van der Waals surface area contributed by atoms with Crippen molar-refractivity contribution in [1.29, 1.82) is 0 Å². The minimum atomic E-state index is -3.67. The van der Waals surface area contributed by atoms with Crippen LogP contribution >= 0.6 is 0 Å². The van der Waals surface area contributed by atoms with E-state index in [0.29, 0.717) is 10.6 Å². The SMILES string of the molecule is Cc1ccc(S(=O)(=O)N2c3ccccc3C3C=CC=CN32)cc1. The third-order valence-electron chi connectivity index (χ3n) is 4.15. The molecule has 23 heavy (non-hydrogen) atoms. The second-order valence-corrected chi connectivity index (χ2v) is 7.44. The third-order valence-corrected chi connectivity index (χ3v) is 5.85. The van der Waals surface area contributed by atoms with Gasteiger partial charge >= 0.3 is 0 Å². The lowest BCUT2D eigenvalue weighted by Gasteiger charge is -2.32. The van der Waals surface area contributed by atoms with Crippen molar-refractivity contribution < 1.29 is 8.42 Å². The largest absolute Gasteiger partial charge is 0.281 e. The Labute approximate surface area is 136 Å². The zero-order valence-electron chi connectivity index (χ0n) is 12.6. The molecule has 2 aromatic carbocycles. The van der Waals surface area contributed by atoms with Gasteiger partial charge in [-0.15, -0.1) is 0 Å². The molecule has 2 aliphatic heterocycles. The summed E-state index contributed by atoms with van der Waals surface area (Å²) in [6.07, 6.45) is 7.60. The van der Waals surface area contributed by atoms with Crippen molar-refractivity contribution in [2.75, 3.05) is 4.41 Å². The normalized spacial score (nSPS) is 18.9. The Morgan fingerprint density at radius 2 is 1.70 bits per heavy atom. The standard InChI is InChI=1S/C18H16N2O2S/c1-14-9-11-15(12-10-14)23(21,22)20-18-8-3-2-6-16(18)17-7-4-5-13-19(17)20/h2-13,17H,1H3. The van der Waals surface area contributed by atoms with E-state index in [0.717, 1.165) is 11.1 Å². The van der Waals surface area contributed by atoms with E-state index in [4.69, 9.17) is 0 Å². The number of sulfonamides is 1. The van der Waals surface area contributed by atoms with Crippen molar-refractivity contribution in [2.24, 2.45) is 0 Å². The molecule has 0 radical (unpaired) electrons. The van der Waals surface area contributed by atoms with Crippen molar-refractivity contribution in [3.63, 3.8) is 0 Å². The van der Waals surface area contributed by atoms with Crippen molar-refractivity contribution in [1.82, 2.24) is 5.01 Å². The molecule has 2 aromatic rings. The van der Waals surface area contributed by atoms with Crippen LogP contribution in [-0.4, -0.2) is 13.4 Å². The summed E-state index contributed by atoms with van der Waals surface area (Å²) < 4.78 is 27.8. The fraction of sp³-hybridized carbons (Fsp3) is 0.111. The van der Waals surface area contributed by atoms with E-state index in [2.05, 4.69) is 0 Å². The van der Waals surface area contributed by atoms with Crippen molar-refractivity contribution in [3.05, 3.63) is 84.1 Å². The van der Waals surface area contributed by atoms with Gasteiger partial charge in [0, 0.05) is 11.8 Å². The fourth-order valence-corrected chi connectivity index (χ4v) is 4.52. The highest BCUT2D eigenvalue weighted by atomic mass is 32.2. The molecule has 1 unspecified atom stereocenters. The molecule has 1 atom stereocenters. The molecule has 0 aliphatic carbocycles. The maximum absolute atomic E-state index is 13.2. The molecule has 0 N–H and O–H groups in total. The molecule has 2 aliphatic rings. The van der Waals surface area contributed by atoms with Crippen LogP contribution in [0.15, 0.2) is 77.9 Å². The quantitative estimate of drug-likeness (QED) is 0.848. The van der Waals surface area contributed by atoms with Gasteiger partial charge in [-0.05, 0) is 31.2 Å². The molecule has 2 heterocycles. The third kappa shape index (κ3) is 2.08. The van der Waals surface area contributed by atoms with Gasteiger partial charge in [0.05, 0.1) is 16.6 Å². The van der Waals surface area contributed by atoms with Crippen molar-refractivity contribution in [3.8, 4) is 0 Å². The van der Waals surface area contributed by atoms with E-state index >= 15 is 0 Å². The van der Waals surface area contributed by atoms with Gasteiger partial charge in [-0.1, -0.05) is 48.0 Å². The second kappa shape index (κ2) is 4.99. The average molecular weight is 324 g/mol. The number of para-hydroxylation sites is 1. The van der Waals surface area contributed by atoms with Crippen LogP contribution in [0.2, 0.25) is 0 Å². The molecular formula is C18H16N2O2S. The smallest absolute Gasteiger partial charge is 0.267 e. The van der Waals surface area contributed by atoms with E-state index in [1.54, 1.807) is 23.3 Å². The topological polar surface area (TPSA) is 40.6 Å². The highest BCUT2D eigenvalue weighted by Crippen LogP contribution is 2.44. The monoisotopic (exact) mass is 324 g/mol. The van der Waals surface area contributed by atoms with Gasteiger partial charge in [0.1, 0.15) is 0 Å². The first-order chi connectivity index (χ1) is 11.1. The molecular weight excluding hydrogens is 308 g/mol. The summed E-state index contributed by atoms with van der Waals surface area (Å²) in [6, 6.07) is 14.5. The maximum atomic E-state index is 13.2. The highest BCUT2D eigenvalue weighted by molar-refractivity contribution is 7.92. The number of allylic oxidation sites excluding steroid dienone is 2. The Morgan fingerprint density at radius 1 is 0.957 bits per heavy atom. The van der Waals surface area contributed by atoms with Crippen LogP contribution in [-0.2, 0) is 10.0 Å². The van der Waals surface area contributed by atoms with Crippen LogP contribution in [0.1, 0.15) is 17.2 Å². The van der Waals surface area contributed by atoms with E-state index < -0.39 is 10.0 Å². The van der Waals surface area contributed by atoms with E-state index in [1.807, 2.05) is 61.5 Å². The predicted octanol–water partition coefficient (Wildman–Crippen LogP) is 3.55. The summed E-state index contributed by atoms with van der Waals surface area (Å²) in [6.45, 7) is 1.94. The van der Waals surface area contributed by atoms with Gasteiger partial charge in [0.25, 0.3) is 10.0 Å². The van der Waals surface area contributed by atoms with E-state index in [1.165, 1.54) is 4.41 Å². The minimum absolute atomic E-state index is 0.0866. The van der Waals surface area contributed by atoms with Crippen molar-refractivity contribution >= 4 is 15.7 Å². The van der Waals surface area contributed by atoms with Gasteiger partial charge in [0.2, 0.25) is 0 Å². The number of rotatable bonds is 2. The van der Waals surface area contributed by atoms with Crippen LogP contribution < -0.4 is 4.41 Å². The zero-order chi connectivity index (χ0) is 16.0. The van der Waals surface area contributed by atoms with Crippen LogP contribution in [0.25, 0.3) is 0 Å². The molecule has 0 saturated heterocycles. The molecule has 0 aromatic heterocycles. The van der Waals surface area contributed by atoms with Crippen LogP contribution in [0.3, 0.4) is 0 Å². The predicted molar refractivity (Wildman–Crippen MR) is 90.1 cm³/mol. The summed E-state index contributed by atoms with van der Waals surface area (Å²) in [5, 5.41) is 1.76. The number of hydrogen-bond acceptors (Lipinski definition) is 3. The summed E-state index contributed by atoms with van der Waals surface area (Å²) in [4.78, 5) is 0.293. The second-order valence-electron chi connectivity index (χ2n) is 5.67. The lowest BCUT2D eigenvalue weighted by atomic mass is 10.1. The average Bonchev–Trinajstić information content (AvgIpc) is 2.90.